The lowest BCUT2D eigenvalue weighted by Crippen LogP contribution is -2.30. The smallest absolute Gasteiger partial charge is 0.462 e. The van der Waals surface area contributed by atoms with Crippen LogP contribution in [0.1, 0.15) is 375 Å². The van der Waals surface area contributed by atoms with Gasteiger partial charge >= 0.3 is 39.5 Å². The first-order valence-corrected chi connectivity index (χ1v) is 40.6. The van der Waals surface area contributed by atoms with Gasteiger partial charge in [0.25, 0.3) is 0 Å². The molecule has 0 aliphatic carbocycles. The molecule has 19 heteroatoms. The second-order valence-corrected chi connectivity index (χ2v) is 29.4. The lowest BCUT2D eigenvalue weighted by molar-refractivity contribution is -0.161. The number of aliphatic hydroxyl groups excluding tert-OH is 1. The van der Waals surface area contributed by atoms with E-state index in [4.69, 9.17) is 37.0 Å². The Hall–Kier alpha value is -1.94. The average Bonchev–Trinajstić information content (AvgIpc) is 3.61. The van der Waals surface area contributed by atoms with Crippen LogP contribution in [0.5, 0.6) is 0 Å². The quantitative estimate of drug-likeness (QED) is 0.0222. The number of hydrogen-bond donors (Lipinski definition) is 3. The maximum absolute atomic E-state index is 13.0. The Labute approximate surface area is 556 Å². The number of phosphoric acid groups is 2. The van der Waals surface area contributed by atoms with Gasteiger partial charge in [0.1, 0.15) is 19.3 Å². The van der Waals surface area contributed by atoms with E-state index in [1.807, 2.05) is 0 Å². The van der Waals surface area contributed by atoms with Crippen molar-refractivity contribution in [2.45, 2.75) is 393 Å². The Kier molecular flexibility index (Phi) is 64.0. The molecule has 0 bridgehead atoms. The molecule has 0 amide bonds. The molecule has 2 unspecified atom stereocenters. The Morgan fingerprint density at radius 1 is 0.297 bits per heavy atom. The summed E-state index contributed by atoms with van der Waals surface area (Å²) in [6.45, 7) is 7.23. The Bertz CT molecular complexity index is 1750. The van der Waals surface area contributed by atoms with Gasteiger partial charge < -0.3 is 33.8 Å². The van der Waals surface area contributed by atoms with Crippen molar-refractivity contribution < 1.29 is 80.2 Å². The van der Waals surface area contributed by atoms with Crippen LogP contribution in [-0.2, 0) is 65.4 Å². The van der Waals surface area contributed by atoms with Crippen molar-refractivity contribution in [3.05, 3.63) is 0 Å². The number of carbonyl (C=O) groups excluding carboxylic acids is 4. The Morgan fingerprint density at radius 2 is 0.505 bits per heavy atom. The maximum Gasteiger partial charge on any atom is 0.472 e. The van der Waals surface area contributed by atoms with Gasteiger partial charge in [-0.25, -0.2) is 9.13 Å². The molecule has 0 aromatic heterocycles. The highest BCUT2D eigenvalue weighted by Gasteiger charge is 2.30. The molecule has 0 aromatic carbocycles. The standard InChI is InChI=1S/C72H140O17P2/c1-6-9-12-15-18-21-24-27-28-29-30-33-36-43-48-53-58-72(77)88-67(61-82-69(74)55-50-45-40-34-31-25-22-19-16-13-10-7-2)63-86-90(78,79)84-59-66(73)60-85-91(80,81)87-64-68(62-83-70(75)56-51-46-41-38-37-39-44-49-54-65(4)5)89-71(76)57-52-47-42-35-32-26-23-20-17-14-11-8-3/h65-68,73H,6-64H2,1-5H3,(H,78,79)(H,80,81)/t66-,67-,68-/m1/s1. The van der Waals surface area contributed by atoms with Gasteiger partial charge in [-0.05, 0) is 31.6 Å². The highest BCUT2D eigenvalue weighted by Crippen LogP contribution is 2.45. The first-order chi connectivity index (χ1) is 44.0. The number of phosphoric ester groups is 2. The summed E-state index contributed by atoms with van der Waals surface area (Å²) in [6, 6.07) is 0. The zero-order valence-electron chi connectivity index (χ0n) is 59.0. The summed E-state index contributed by atoms with van der Waals surface area (Å²) in [7, 11) is -9.90. The number of rotatable bonds is 72. The third-order valence-corrected chi connectivity index (χ3v) is 18.7. The number of unbranched alkanes of at least 4 members (excludes halogenated alkanes) is 44. The third-order valence-electron chi connectivity index (χ3n) is 16.8. The van der Waals surface area contributed by atoms with Crippen LogP contribution in [0.25, 0.3) is 0 Å². The molecule has 0 fully saturated rings. The van der Waals surface area contributed by atoms with Crippen LogP contribution >= 0.6 is 15.6 Å². The minimum Gasteiger partial charge on any atom is -0.462 e. The normalized spacial score (nSPS) is 14.0. The summed E-state index contributed by atoms with van der Waals surface area (Å²) in [5.74, 6) is -1.39. The minimum absolute atomic E-state index is 0.107. The molecular formula is C72H140O17P2. The monoisotopic (exact) mass is 1340 g/mol. The molecule has 0 saturated carbocycles. The van der Waals surface area contributed by atoms with Crippen LogP contribution in [-0.4, -0.2) is 96.7 Å². The summed E-state index contributed by atoms with van der Waals surface area (Å²) < 4.78 is 68.4. The SMILES string of the molecule is CCCCCCCCCCCCCCCCCCC(=O)O[C@H](COC(=O)CCCCCCCCCCCCCC)COP(=O)(O)OC[C@@H](O)COP(=O)(O)OC[C@@H](COC(=O)CCCCCCCCCCC(C)C)OC(=O)CCCCCCCCCCCCCC. The summed E-state index contributed by atoms with van der Waals surface area (Å²) >= 11 is 0. The topological polar surface area (TPSA) is 237 Å². The minimum atomic E-state index is -4.95. The maximum atomic E-state index is 13.0. The summed E-state index contributed by atoms with van der Waals surface area (Å²) in [5, 5.41) is 10.6. The molecule has 5 atom stereocenters. The van der Waals surface area contributed by atoms with Gasteiger partial charge in [-0.2, -0.15) is 0 Å². The van der Waals surface area contributed by atoms with E-state index >= 15 is 0 Å². The molecule has 0 radical (unpaired) electrons. The van der Waals surface area contributed by atoms with E-state index in [-0.39, 0.29) is 25.7 Å². The molecule has 0 heterocycles. The van der Waals surface area contributed by atoms with Gasteiger partial charge in [-0.3, -0.25) is 37.3 Å². The molecular weight excluding hydrogens is 1200 g/mol. The molecule has 3 N–H and O–H groups in total. The average molecular weight is 1340 g/mol. The second kappa shape index (κ2) is 65.4. The number of esters is 4. The second-order valence-electron chi connectivity index (χ2n) is 26.5. The van der Waals surface area contributed by atoms with Crippen molar-refractivity contribution in [2.24, 2.45) is 5.92 Å². The number of carbonyl (C=O) groups is 4. The van der Waals surface area contributed by atoms with Crippen molar-refractivity contribution in [3.63, 3.8) is 0 Å². The number of hydrogen-bond acceptors (Lipinski definition) is 15. The predicted octanol–water partition coefficient (Wildman–Crippen LogP) is 20.9. The van der Waals surface area contributed by atoms with Crippen molar-refractivity contribution in [1.29, 1.82) is 0 Å². The van der Waals surface area contributed by atoms with E-state index in [9.17, 15) is 43.2 Å². The van der Waals surface area contributed by atoms with E-state index in [1.54, 1.807) is 0 Å². The lowest BCUT2D eigenvalue weighted by atomic mass is 10.0. The predicted molar refractivity (Wildman–Crippen MR) is 368 cm³/mol. The zero-order chi connectivity index (χ0) is 67.0. The van der Waals surface area contributed by atoms with Crippen LogP contribution in [0, 0.1) is 5.92 Å². The van der Waals surface area contributed by atoms with Gasteiger partial charge in [-0.1, -0.05) is 324 Å². The highest BCUT2D eigenvalue weighted by molar-refractivity contribution is 7.47. The molecule has 0 rings (SSSR count). The highest BCUT2D eigenvalue weighted by atomic mass is 31.2. The largest absolute Gasteiger partial charge is 0.472 e. The summed E-state index contributed by atoms with van der Waals surface area (Å²) in [5.41, 5.74) is 0. The number of aliphatic hydroxyl groups is 1. The van der Waals surface area contributed by atoms with Crippen LogP contribution < -0.4 is 0 Å². The van der Waals surface area contributed by atoms with Crippen LogP contribution in [0.4, 0.5) is 0 Å². The van der Waals surface area contributed by atoms with Gasteiger partial charge in [0, 0.05) is 25.7 Å². The molecule has 91 heavy (non-hydrogen) atoms. The van der Waals surface area contributed by atoms with E-state index in [0.29, 0.717) is 25.7 Å². The lowest BCUT2D eigenvalue weighted by Gasteiger charge is -2.21. The fourth-order valence-corrected chi connectivity index (χ4v) is 12.6. The van der Waals surface area contributed by atoms with E-state index < -0.39 is 97.5 Å². The van der Waals surface area contributed by atoms with E-state index in [0.717, 1.165) is 95.8 Å². The molecule has 17 nitrogen and oxygen atoms in total. The van der Waals surface area contributed by atoms with Gasteiger partial charge in [-0.15, -0.1) is 0 Å². The van der Waals surface area contributed by atoms with E-state index in [2.05, 4.69) is 34.6 Å². The summed E-state index contributed by atoms with van der Waals surface area (Å²) in [6.07, 6.45) is 52.6. The zero-order valence-corrected chi connectivity index (χ0v) is 60.8. The van der Waals surface area contributed by atoms with Gasteiger partial charge in [0.15, 0.2) is 12.2 Å². The van der Waals surface area contributed by atoms with Crippen molar-refractivity contribution in [1.82, 2.24) is 0 Å². The van der Waals surface area contributed by atoms with Crippen molar-refractivity contribution in [2.75, 3.05) is 39.6 Å². The molecule has 540 valence electrons. The molecule has 0 saturated heterocycles. The van der Waals surface area contributed by atoms with Gasteiger partial charge in [0.2, 0.25) is 0 Å². The van der Waals surface area contributed by atoms with Crippen molar-refractivity contribution >= 4 is 39.5 Å². The van der Waals surface area contributed by atoms with E-state index in [1.165, 1.54) is 199 Å². The summed E-state index contributed by atoms with van der Waals surface area (Å²) in [4.78, 5) is 72.6. The Balaban J connectivity index is 5.24. The molecule has 0 aliphatic rings. The van der Waals surface area contributed by atoms with Crippen LogP contribution in [0.2, 0.25) is 0 Å². The molecule has 0 aromatic rings. The van der Waals surface area contributed by atoms with Gasteiger partial charge in [0.05, 0.1) is 26.4 Å². The molecule has 0 spiro atoms. The van der Waals surface area contributed by atoms with Crippen molar-refractivity contribution in [3.8, 4) is 0 Å². The first-order valence-electron chi connectivity index (χ1n) is 37.6. The van der Waals surface area contributed by atoms with Crippen LogP contribution in [0.15, 0.2) is 0 Å². The molecule has 0 aliphatic heterocycles. The fourth-order valence-electron chi connectivity index (χ4n) is 11.0. The fraction of sp³-hybridized carbons (Fsp3) is 0.944. The number of ether oxygens (including phenoxy) is 4. The van der Waals surface area contributed by atoms with Crippen LogP contribution in [0.3, 0.4) is 0 Å². The Morgan fingerprint density at radius 3 is 0.747 bits per heavy atom. The third kappa shape index (κ3) is 66.5. The first kappa shape index (κ1) is 89.1.